The number of hydrogen-bond donors (Lipinski definition) is 1. The number of hydrogen-bond acceptors (Lipinski definition) is 3. The van der Waals surface area contributed by atoms with Gasteiger partial charge in [-0.3, -0.25) is 14.7 Å². The molecule has 2 saturated heterocycles. The molecule has 1 atom stereocenters. The van der Waals surface area contributed by atoms with E-state index >= 15 is 0 Å². The van der Waals surface area contributed by atoms with E-state index < -0.39 is 0 Å². The monoisotopic (exact) mass is 262 g/mol. The summed E-state index contributed by atoms with van der Waals surface area (Å²) in [4.78, 5) is 27.8. The lowest BCUT2D eigenvalue weighted by atomic mass is 10.0. The number of piperidine rings is 1. The Hall–Kier alpha value is -1.85. The second kappa shape index (κ2) is 5.03. The quantitative estimate of drug-likeness (QED) is 0.850. The van der Waals surface area contributed by atoms with Crippen LogP contribution in [-0.2, 0) is 4.79 Å². The number of amides is 2. The van der Waals surface area contributed by atoms with Crippen molar-refractivity contribution in [2.75, 3.05) is 19.6 Å². The zero-order chi connectivity index (χ0) is 13.2. The van der Waals surface area contributed by atoms with E-state index in [0.29, 0.717) is 18.5 Å². The van der Waals surface area contributed by atoms with Gasteiger partial charge in [0.2, 0.25) is 5.91 Å². The third-order valence-electron chi connectivity index (χ3n) is 3.98. The number of aromatic nitrogens is 2. The molecule has 0 unspecified atom stereocenters. The van der Waals surface area contributed by atoms with Crippen molar-refractivity contribution >= 4 is 11.8 Å². The van der Waals surface area contributed by atoms with Crippen LogP contribution in [0, 0.1) is 0 Å². The molecule has 3 heterocycles. The molecule has 0 spiro atoms. The van der Waals surface area contributed by atoms with Crippen LogP contribution in [-0.4, -0.2) is 57.5 Å². The highest BCUT2D eigenvalue weighted by Gasteiger charge is 2.33. The fourth-order valence-electron chi connectivity index (χ4n) is 3.00. The van der Waals surface area contributed by atoms with Crippen LogP contribution in [0.2, 0.25) is 0 Å². The highest BCUT2D eigenvalue weighted by atomic mass is 16.2. The highest BCUT2D eigenvalue weighted by Crippen LogP contribution is 2.22. The molecular weight excluding hydrogens is 244 g/mol. The summed E-state index contributed by atoms with van der Waals surface area (Å²) >= 11 is 0. The molecule has 6 nitrogen and oxygen atoms in total. The lowest BCUT2D eigenvalue weighted by Gasteiger charge is -2.37. The number of H-pyrrole nitrogens is 1. The van der Waals surface area contributed by atoms with Crippen LogP contribution in [0.1, 0.15) is 36.0 Å². The number of likely N-dealkylation sites (tertiary alicyclic amines) is 2. The zero-order valence-corrected chi connectivity index (χ0v) is 10.8. The van der Waals surface area contributed by atoms with Gasteiger partial charge >= 0.3 is 0 Å². The minimum absolute atomic E-state index is 0.00472. The summed E-state index contributed by atoms with van der Waals surface area (Å²) in [6.07, 6.45) is 6.73. The van der Waals surface area contributed by atoms with Crippen molar-refractivity contribution in [3.05, 3.63) is 18.0 Å². The molecule has 1 aromatic heterocycles. The maximum Gasteiger partial charge on any atom is 0.257 e. The standard InChI is InChI=1S/C13H18N4O2/c18-12-4-2-6-17(12)11-3-1-5-16(9-11)13(19)10-7-14-15-8-10/h7-8,11H,1-6,9H2,(H,14,15)/t11-/m1/s1. The van der Waals surface area contributed by atoms with Crippen molar-refractivity contribution in [2.24, 2.45) is 0 Å². The molecule has 0 aliphatic carbocycles. The van der Waals surface area contributed by atoms with E-state index in [-0.39, 0.29) is 17.9 Å². The normalized spacial score (nSPS) is 24.0. The largest absolute Gasteiger partial charge is 0.338 e. The van der Waals surface area contributed by atoms with E-state index in [1.54, 1.807) is 12.4 Å². The molecule has 1 aromatic rings. The molecule has 0 bridgehead atoms. The molecule has 0 saturated carbocycles. The molecule has 2 aliphatic rings. The maximum atomic E-state index is 12.3. The molecule has 2 fully saturated rings. The second-order valence-corrected chi connectivity index (χ2v) is 5.22. The highest BCUT2D eigenvalue weighted by molar-refractivity contribution is 5.93. The maximum absolute atomic E-state index is 12.3. The van der Waals surface area contributed by atoms with Crippen LogP contribution >= 0.6 is 0 Å². The van der Waals surface area contributed by atoms with E-state index in [4.69, 9.17) is 0 Å². The number of carbonyl (C=O) groups excluding carboxylic acids is 2. The molecule has 2 amide bonds. The summed E-state index contributed by atoms with van der Waals surface area (Å²) in [5.74, 6) is 0.243. The van der Waals surface area contributed by atoms with E-state index in [9.17, 15) is 9.59 Å². The topological polar surface area (TPSA) is 69.3 Å². The van der Waals surface area contributed by atoms with E-state index in [1.807, 2.05) is 9.80 Å². The predicted molar refractivity (Wildman–Crippen MR) is 68.5 cm³/mol. The minimum Gasteiger partial charge on any atom is -0.338 e. The van der Waals surface area contributed by atoms with Gasteiger partial charge in [0.25, 0.3) is 5.91 Å². The fourth-order valence-corrected chi connectivity index (χ4v) is 3.00. The fraction of sp³-hybridized carbons (Fsp3) is 0.615. The summed E-state index contributed by atoms with van der Waals surface area (Å²) in [7, 11) is 0. The van der Waals surface area contributed by atoms with Gasteiger partial charge in [-0.25, -0.2) is 0 Å². The van der Waals surface area contributed by atoms with Gasteiger partial charge in [-0.2, -0.15) is 5.10 Å². The lowest BCUT2D eigenvalue weighted by Crippen LogP contribution is -2.50. The van der Waals surface area contributed by atoms with Crippen molar-refractivity contribution in [1.82, 2.24) is 20.0 Å². The van der Waals surface area contributed by atoms with Gasteiger partial charge in [0.05, 0.1) is 11.8 Å². The van der Waals surface area contributed by atoms with Gasteiger partial charge in [0, 0.05) is 38.3 Å². The molecule has 102 valence electrons. The van der Waals surface area contributed by atoms with E-state index in [1.165, 1.54) is 0 Å². The van der Waals surface area contributed by atoms with Crippen LogP contribution < -0.4 is 0 Å². The Kier molecular flexibility index (Phi) is 3.23. The summed E-state index contributed by atoms with van der Waals surface area (Å²) in [6.45, 7) is 2.26. The summed E-state index contributed by atoms with van der Waals surface area (Å²) in [6, 6.07) is 0.194. The van der Waals surface area contributed by atoms with Gasteiger partial charge in [0.1, 0.15) is 0 Å². The molecular formula is C13H18N4O2. The summed E-state index contributed by atoms with van der Waals surface area (Å²) in [5.41, 5.74) is 0.591. The molecule has 2 aliphatic heterocycles. The van der Waals surface area contributed by atoms with Gasteiger partial charge in [-0.05, 0) is 19.3 Å². The number of aromatic amines is 1. The Balaban J connectivity index is 1.68. The van der Waals surface area contributed by atoms with Gasteiger partial charge in [-0.15, -0.1) is 0 Å². The SMILES string of the molecule is O=C(c1cn[nH]c1)N1CCC[C@@H](N2CCCC2=O)C1. The first-order chi connectivity index (χ1) is 9.25. The molecule has 3 rings (SSSR count). The van der Waals surface area contributed by atoms with Crippen LogP contribution in [0.15, 0.2) is 12.4 Å². The third-order valence-corrected chi connectivity index (χ3v) is 3.98. The number of rotatable bonds is 2. The average Bonchev–Trinajstić information content (AvgIpc) is 3.09. The van der Waals surface area contributed by atoms with E-state index in [0.717, 1.165) is 32.4 Å². The molecule has 0 radical (unpaired) electrons. The second-order valence-electron chi connectivity index (χ2n) is 5.22. The first-order valence-electron chi connectivity index (χ1n) is 6.83. The predicted octanol–water partition coefficient (Wildman–Crippen LogP) is 0.637. The van der Waals surface area contributed by atoms with Crippen LogP contribution in [0.4, 0.5) is 0 Å². The first-order valence-corrected chi connectivity index (χ1v) is 6.83. The van der Waals surface area contributed by atoms with Crippen molar-refractivity contribution in [3.8, 4) is 0 Å². The number of carbonyl (C=O) groups is 2. The molecule has 1 N–H and O–H groups in total. The Morgan fingerprint density at radius 2 is 2.26 bits per heavy atom. The van der Waals surface area contributed by atoms with Crippen molar-refractivity contribution in [1.29, 1.82) is 0 Å². The van der Waals surface area contributed by atoms with E-state index in [2.05, 4.69) is 10.2 Å². The van der Waals surface area contributed by atoms with Crippen LogP contribution in [0.25, 0.3) is 0 Å². The minimum atomic E-state index is 0.00472. The first kappa shape index (κ1) is 12.2. The van der Waals surface area contributed by atoms with Gasteiger partial charge < -0.3 is 9.80 Å². The Morgan fingerprint density at radius 1 is 1.37 bits per heavy atom. The number of nitrogens with zero attached hydrogens (tertiary/aromatic N) is 3. The van der Waals surface area contributed by atoms with Crippen LogP contribution in [0.3, 0.4) is 0 Å². The van der Waals surface area contributed by atoms with Crippen molar-refractivity contribution < 1.29 is 9.59 Å². The summed E-state index contributed by atoms with van der Waals surface area (Å²) in [5, 5.41) is 6.47. The molecule has 6 heteroatoms. The summed E-state index contributed by atoms with van der Waals surface area (Å²) < 4.78 is 0. The van der Waals surface area contributed by atoms with Crippen molar-refractivity contribution in [2.45, 2.75) is 31.7 Å². The molecule has 0 aromatic carbocycles. The van der Waals surface area contributed by atoms with Gasteiger partial charge in [-0.1, -0.05) is 0 Å². The Morgan fingerprint density at radius 3 is 2.95 bits per heavy atom. The van der Waals surface area contributed by atoms with Gasteiger partial charge in [0.15, 0.2) is 0 Å². The smallest absolute Gasteiger partial charge is 0.257 e. The number of nitrogens with one attached hydrogen (secondary N) is 1. The Labute approximate surface area is 111 Å². The Bertz CT molecular complexity index is 471. The lowest BCUT2D eigenvalue weighted by molar-refractivity contribution is -0.130. The van der Waals surface area contributed by atoms with Crippen LogP contribution in [0.5, 0.6) is 0 Å². The zero-order valence-electron chi connectivity index (χ0n) is 10.8. The average molecular weight is 262 g/mol. The molecule has 19 heavy (non-hydrogen) atoms. The third kappa shape index (κ3) is 2.34. The van der Waals surface area contributed by atoms with Crippen molar-refractivity contribution in [3.63, 3.8) is 0 Å².